The first-order valence-electron chi connectivity index (χ1n) is 11.7. The number of rotatable bonds is 10. The Morgan fingerprint density at radius 2 is 1.69 bits per heavy atom. The number of hydrogen-bond acceptors (Lipinski definition) is 5. The summed E-state index contributed by atoms with van der Waals surface area (Å²) >= 11 is 0. The summed E-state index contributed by atoms with van der Waals surface area (Å²) in [6, 6.07) is 19.0. The summed E-state index contributed by atoms with van der Waals surface area (Å²) in [5, 5.41) is 5.78. The molecule has 4 aromatic rings. The van der Waals surface area contributed by atoms with Gasteiger partial charge in [-0.15, -0.1) is 0 Å². The zero-order valence-electron chi connectivity index (χ0n) is 20.0. The van der Waals surface area contributed by atoms with E-state index in [0.29, 0.717) is 37.2 Å². The Labute approximate surface area is 204 Å². The zero-order chi connectivity index (χ0) is 24.6. The molecule has 0 radical (unpaired) electrons. The molecule has 0 bridgehead atoms. The maximum absolute atomic E-state index is 12.6. The second-order valence-electron chi connectivity index (χ2n) is 8.03. The normalized spacial score (nSPS) is 10.9. The van der Waals surface area contributed by atoms with Crippen LogP contribution in [0.2, 0.25) is 0 Å². The number of nitrogens with zero attached hydrogens (tertiary/aromatic N) is 3. The molecule has 180 valence electrons. The number of ether oxygens (including phenoxy) is 1. The van der Waals surface area contributed by atoms with Gasteiger partial charge in [-0.3, -0.25) is 14.6 Å². The van der Waals surface area contributed by atoms with E-state index in [4.69, 9.17) is 9.72 Å². The second-order valence-corrected chi connectivity index (χ2v) is 8.03. The van der Waals surface area contributed by atoms with E-state index < -0.39 is 0 Å². The minimum Gasteiger partial charge on any atom is -0.383 e. The molecule has 4 rings (SSSR count). The molecule has 35 heavy (non-hydrogen) atoms. The number of carbonyl (C=O) groups excluding carboxylic acids is 2. The molecule has 2 heterocycles. The van der Waals surface area contributed by atoms with E-state index in [9.17, 15) is 9.59 Å². The molecular weight excluding hydrogens is 442 g/mol. The van der Waals surface area contributed by atoms with Crippen molar-refractivity contribution in [2.75, 3.05) is 26.8 Å². The summed E-state index contributed by atoms with van der Waals surface area (Å²) in [4.78, 5) is 34.1. The third-order valence-electron chi connectivity index (χ3n) is 5.73. The fraction of sp³-hybridized carbons (Fsp3) is 0.259. The monoisotopic (exact) mass is 471 g/mol. The largest absolute Gasteiger partial charge is 0.383 e. The lowest BCUT2D eigenvalue weighted by atomic mass is 10.1. The first-order valence-corrected chi connectivity index (χ1v) is 11.7. The van der Waals surface area contributed by atoms with Crippen LogP contribution in [0.1, 0.15) is 33.5 Å². The Bertz CT molecular complexity index is 1300. The fourth-order valence-electron chi connectivity index (χ4n) is 3.93. The maximum Gasteiger partial charge on any atom is 0.252 e. The van der Waals surface area contributed by atoms with Crippen molar-refractivity contribution in [3.63, 3.8) is 0 Å². The Morgan fingerprint density at radius 3 is 2.40 bits per heavy atom. The second kappa shape index (κ2) is 11.4. The van der Waals surface area contributed by atoms with Gasteiger partial charge < -0.3 is 19.9 Å². The highest BCUT2D eigenvalue weighted by atomic mass is 16.5. The van der Waals surface area contributed by atoms with Crippen LogP contribution in [0, 0.1) is 0 Å². The van der Waals surface area contributed by atoms with Gasteiger partial charge in [0, 0.05) is 50.5 Å². The molecule has 0 saturated heterocycles. The lowest BCUT2D eigenvalue weighted by Gasteiger charge is -2.08. The van der Waals surface area contributed by atoms with Gasteiger partial charge in [-0.2, -0.15) is 0 Å². The predicted octanol–water partition coefficient (Wildman–Crippen LogP) is 3.47. The van der Waals surface area contributed by atoms with Gasteiger partial charge in [0.1, 0.15) is 5.82 Å². The van der Waals surface area contributed by atoms with E-state index in [0.717, 1.165) is 34.7 Å². The highest BCUT2D eigenvalue weighted by molar-refractivity contribution is 5.97. The van der Waals surface area contributed by atoms with Crippen molar-refractivity contribution in [3.05, 3.63) is 83.8 Å². The highest BCUT2D eigenvalue weighted by Gasteiger charge is 2.14. The molecule has 2 aromatic heterocycles. The third-order valence-corrected chi connectivity index (χ3v) is 5.73. The van der Waals surface area contributed by atoms with Gasteiger partial charge in [-0.25, -0.2) is 4.98 Å². The smallest absolute Gasteiger partial charge is 0.252 e. The third kappa shape index (κ3) is 5.73. The fourth-order valence-corrected chi connectivity index (χ4v) is 3.93. The van der Waals surface area contributed by atoms with Gasteiger partial charge in [0.15, 0.2) is 0 Å². The number of amides is 2. The van der Waals surface area contributed by atoms with Crippen LogP contribution in [0.4, 0.5) is 0 Å². The van der Waals surface area contributed by atoms with Crippen LogP contribution in [-0.4, -0.2) is 53.2 Å². The molecule has 0 aliphatic rings. The van der Waals surface area contributed by atoms with Crippen LogP contribution >= 0.6 is 0 Å². The Hall–Kier alpha value is -4.04. The number of carbonyl (C=O) groups is 2. The minimum absolute atomic E-state index is 0.157. The predicted molar refractivity (Wildman–Crippen MR) is 135 cm³/mol. The van der Waals surface area contributed by atoms with Gasteiger partial charge in [0.2, 0.25) is 0 Å². The summed E-state index contributed by atoms with van der Waals surface area (Å²) in [6.07, 6.45) is 2.16. The van der Waals surface area contributed by atoms with Crippen LogP contribution in [0.3, 0.4) is 0 Å². The van der Waals surface area contributed by atoms with Gasteiger partial charge in [0.25, 0.3) is 11.8 Å². The summed E-state index contributed by atoms with van der Waals surface area (Å²) < 4.78 is 7.08. The average Bonchev–Trinajstić information content (AvgIpc) is 3.25. The summed E-state index contributed by atoms with van der Waals surface area (Å²) in [5.74, 6) is 0.527. The Morgan fingerprint density at radius 1 is 0.943 bits per heavy atom. The van der Waals surface area contributed by atoms with Crippen molar-refractivity contribution in [2.24, 2.45) is 0 Å². The van der Waals surface area contributed by atoms with Crippen LogP contribution in [0.25, 0.3) is 22.3 Å². The molecule has 0 spiro atoms. The van der Waals surface area contributed by atoms with Crippen molar-refractivity contribution in [3.8, 4) is 11.3 Å². The van der Waals surface area contributed by atoms with E-state index >= 15 is 0 Å². The Kier molecular flexibility index (Phi) is 7.84. The van der Waals surface area contributed by atoms with Crippen LogP contribution in [0.5, 0.6) is 0 Å². The summed E-state index contributed by atoms with van der Waals surface area (Å²) in [5.41, 5.74) is 4.62. The molecular formula is C27H29N5O3. The zero-order valence-corrected chi connectivity index (χ0v) is 20.0. The molecule has 8 heteroatoms. The molecule has 0 aliphatic carbocycles. The molecule has 0 aliphatic heterocycles. The first-order chi connectivity index (χ1) is 17.1. The van der Waals surface area contributed by atoms with E-state index in [1.165, 1.54) is 0 Å². The molecule has 0 unspecified atom stereocenters. The summed E-state index contributed by atoms with van der Waals surface area (Å²) in [6.45, 7) is 4.14. The lowest BCUT2D eigenvalue weighted by Crippen LogP contribution is -2.26. The molecule has 8 nitrogen and oxygen atoms in total. The average molecular weight is 472 g/mol. The van der Waals surface area contributed by atoms with Gasteiger partial charge in [-0.1, -0.05) is 30.3 Å². The number of imidazole rings is 1. The highest BCUT2D eigenvalue weighted by Crippen LogP contribution is 2.19. The quantitative estimate of drug-likeness (QED) is 0.345. The number of hydrogen-bond donors (Lipinski definition) is 2. The topological polar surface area (TPSA) is 98.1 Å². The van der Waals surface area contributed by atoms with Crippen molar-refractivity contribution in [2.45, 2.75) is 19.9 Å². The number of aromatic nitrogens is 3. The number of aryl methyl sites for hydroxylation is 1. The molecule has 2 aromatic carbocycles. The van der Waals surface area contributed by atoms with Crippen molar-refractivity contribution < 1.29 is 14.3 Å². The minimum atomic E-state index is -0.175. The Balaban J connectivity index is 1.39. The number of fused-ring (bicyclic) bond motifs is 1. The first kappa shape index (κ1) is 24.1. The van der Waals surface area contributed by atoms with Crippen LogP contribution in [0.15, 0.2) is 66.9 Å². The van der Waals surface area contributed by atoms with Gasteiger partial charge in [0.05, 0.1) is 28.9 Å². The van der Waals surface area contributed by atoms with Crippen LogP contribution in [-0.2, 0) is 17.7 Å². The van der Waals surface area contributed by atoms with E-state index in [1.54, 1.807) is 31.5 Å². The number of pyridine rings is 1. The summed E-state index contributed by atoms with van der Waals surface area (Å²) in [7, 11) is 1.60. The lowest BCUT2D eigenvalue weighted by molar-refractivity contribution is 0.0934. The van der Waals surface area contributed by atoms with E-state index in [1.807, 2.05) is 42.5 Å². The standard InChI is InChI=1S/C27H29N5O3/c1-3-32-24-12-10-20(26(33)29-15-16-35-2)17-23(24)31-25(32)13-14-28-27(34)21-9-11-22(30-18-21)19-7-5-4-6-8-19/h4-12,17-18H,3,13-16H2,1-2H3,(H,28,34)(H,29,33). The van der Waals surface area contributed by atoms with Gasteiger partial charge >= 0.3 is 0 Å². The van der Waals surface area contributed by atoms with Gasteiger partial charge in [-0.05, 0) is 37.3 Å². The van der Waals surface area contributed by atoms with Crippen LogP contribution < -0.4 is 10.6 Å². The number of nitrogens with one attached hydrogen (secondary N) is 2. The van der Waals surface area contributed by atoms with Crippen molar-refractivity contribution in [1.82, 2.24) is 25.2 Å². The SMILES string of the molecule is CCn1c(CCNC(=O)c2ccc(-c3ccccc3)nc2)nc2cc(C(=O)NCCOC)ccc21. The number of methoxy groups -OCH3 is 1. The maximum atomic E-state index is 12.6. The van der Waals surface area contributed by atoms with E-state index in [2.05, 4.69) is 27.1 Å². The van der Waals surface area contributed by atoms with Crippen molar-refractivity contribution in [1.29, 1.82) is 0 Å². The molecule has 2 N–H and O–H groups in total. The number of benzene rings is 2. The molecule has 0 atom stereocenters. The van der Waals surface area contributed by atoms with E-state index in [-0.39, 0.29) is 11.8 Å². The van der Waals surface area contributed by atoms with Crippen molar-refractivity contribution >= 4 is 22.8 Å². The molecule has 0 fully saturated rings. The molecule has 0 saturated carbocycles. The molecule has 2 amide bonds.